The highest BCUT2D eigenvalue weighted by atomic mass is 16.3. The van der Waals surface area contributed by atoms with Gasteiger partial charge in [-0.15, -0.1) is 0 Å². The second-order valence-corrected chi connectivity index (χ2v) is 6.83. The zero-order valence-electron chi connectivity index (χ0n) is 15.3. The summed E-state index contributed by atoms with van der Waals surface area (Å²) in [5, 5.41) is 13.9. The van der Waals surface area contributed by atoms with Gasteiger partial charge in [0.25, 0.3) is 5.78 Å². The van der Waals surface area contributed by atoms with E-state index in [2.05, 4.69) is 43.1 Å². The van der Waals surface area contributed by atoms with Crippen LogP contribution in [0, 0.1) is 0 Å². The van der Waals surface area contributed by atoms with Gasteiger partial charge in [0.05, 0.1) is 5.69 Å². The number of hydrogen-bond donors (Lipinski definition) is 1. The predicted octanol–water partition coefficient (Wildman–Crippen LogP) is 2.82. The minimum absolute atomic E-state index is 0.293. The van der Waals surface area contributed by atoms with E-state index in [0.29, 0.717) is 11.5 Å². The Morgan fingerprint density at radius 1 is 0.821 bits per heavy atom. The van der Waals surface area contributed by atoms with Crippen LogP contribution in [-0.2, 0) is 0 Å². The van der Waals surface area contributed by atoms with Crippen LogP contribution in [0.15, 0.2) is 67.0 Å². The van der Waals surface area contributed by atoms with Crippen molar-refractivity contribution in [3.05, 3.63) is 67.0 Å². The number of benzene rings is 2. The van der Waals surface area contributed by atoms with Crippen molar-refractivity contribution in [3.8, 4) is 17.0 Å². The smallest absolute Gasteiger partial charge is 0.254 e. The molecule has 0 aliphatic carbocycles. The summed E-state index contributed by atoms with van der Waals surface area (Å²) in [7, 11) is 0. The van der Waals surface area contributed by atoms with Crippen molar-refractivity contribution in [2.75, 3.05) is 36.0 Å². The van der Waals surface area contributed by atoms with E-state index in [9.17, 15) is 5.11 Å². The molecule has 7 nitrogen and oxygen atoms in total. The summed E-state index contributed by atoms with van der Waals surface area (Å²) in [6, 6.07) is 19.6. The van der Waals surface area contributed by atoms with Gasteiger partial charge < -0.3 is 14.9 Å². The molecule has 1 saturated heterocycles. The first-order valence-electron chi connectivity index (χ1n) is 9.33. The van der Waals surface area contributed by atoms with Crippen LogP contribution < -0.4 is 9.80 Å². The lowest BCUT2D eigenvalue weighted by molar-refractivity contribution is 0.475. The molecule has 0 saturated carbocycles. The monoisotopic (exact) mass is 372 g/mol. The highest BCUT2D eigenvalue weighted by Gasteiger charge is 2.21. The van der Waals surface area contributed by atoms with Gasteiger partial charge in [0, 0.05) is 43.5 Å². The van der Waals surface area contributed by atoms with E-state index < -0.39 is 0 Å². The summed E-state index contributed by atoms with van der Waals surface area (Å²) in [5.74, 6) is 1.91. The number of hydrogen-bond acceptors (Lipinski definition) is 6. The number of anilines is 2. The second kappa shape index (κ2) is 6.84. The zero-order valence-corrected chi connectivity index (χ0v) is 15.3. The standard InChI is InChI=1S/C21H20N6O/c28-18-8-6-17(7-9-18)25-10-12-26(13-11-25)20-14-19(16-4-2-1-3-5-16)24-21-22-15-23-27(20)21/h1-9,14-15,28H,10-13H2. The molecule has 2 aromatic heterocycles. The van der Waals surface area contributed by atoms with Crippen LogP contribution in [0.2, 0.25) is 0 Å². The number of rotatable bonds is 3. The number of aromatic hydroxyl groups is 1. The van der Waals surface area contributed by atoms with Gasteiger partial charge in [-0.1, -0.05) is 30.3 Å². The van der Waals surface area contributed by atoms with E-state index in [4.69, 9.17) is 0 Å². The highest BCUT2D eigenvalue weighted by molar-refractivity contribution is 5.66. The lowest BCUT2D eigenvalue weighted by Crippen LogP contribution is -2.47. The van der Waals surface area contributed by atoms with Crippen molar-refractivity contribution in [2.24, 2.45) is 0 Å². The van der Waals surface area contributed by atoms with Gasteiger partial charge in [0.2, 0.25) is 0 Å². The third kappa shape index (κ3) is 3.00. The molecular weight excluding hydrogens is 352 g/mol. The van der Waals surface area contributed by atoms with Crippen molar-refractivity contribution in [2.45, 2.75) is 0 Å². The maximum atomic E-state index is 9.50. The fraction of sp³-hybridized carbons (Fsp3) is 0.190. The summed E-state index contributed by atoms with van der Waals surface area (Å²) >= 11 is 0. The molecule has 0 unspecified atom stereocenters. The topological polar surface area (TPSA) is 69.8 Å². The Morgan fingerprint density at radius 3 is 2.29 bits per heavy atom. The van der Waals surface area contributed by atoms with Crippen molar-refractivity contribution in [3.63, 3.8) is 0 Å². The molecule has 3 heterocycles. The number of nitrogens with zero attached hydrogens (tertiary/aromatic N) is 6. The number of phenols is 1. The summed E-state index contributed by atoms with van der Waals surface area (Å²) in [6.45, 7) is 3.52. The predicted molar refractivity (Wildman–Crippen MR) is 109 cm³/mol. The maximum absolute atomic E-state index is 9.50. The molecule has 0 spiro atoms. The van der Waals surface area contributed by atoms with Crippen LogP contribution in [0.1, 0.15) is 0 Å². The third-order valence-electron chi connectivity index (χ3n) is 5.12. The van der Waals surface area contributed by atoms with Gasteiger partial charge in [-0.3, -0.25) is 0 Å². The van der Waals surface area contributed by atoms with Crippen LogP contribution in [0.25, 0.3) is 17.0 Å². The Balaban J connectivity index is 1.43. The van der Waals surface area contributed by atoms with Gasteiger partial charge in [0.1, 0.15) is 17.9 Å². The van der Waals surface area contributed by atoms with E-state index in [0.717, 1.165) is 48.9 Å². The summed E-state index contributed by atoms with van der Waals surface area (Å²) in [5.41, 5.74) is 3.09. The molecule has 1 aliphatic heterocycles. The molecule has 140 valence electrons. The molecule has 28 heavy (non-hydrogen) atoms. The van der Waals surface area contributed by atoms with E-state index in [1.54, 1.807) is 18.5 Å². The van der Waals surface area contributed by atoms with E-state index in [1.807, 2.05) is 34.8 Å². The van der Waals surface area contributed by atoms with Gasteiger partial charge in [-0.25, -0.2) is 4.98 Å². The molecule has 5 rings (SSSR count). The van der Waals surface area contributed by atoms with Crippen molar-refractivity contribution < 1.29 is 5.11 Å². The normalized spacial score (nSPS) is 14.6. The Morgan fingerprint density at radius 2 is 1.54 bits per heavy atom. The van der Waals surface area contributed by atoms with Crippen molar-refractivity contribution in [1.82, 2.24) is 19.6 Å². The molecule has 2 aromatic carbocycles. The highest BCUT2D eigenvalue weighted by Crippen LogP contribution is 2.26. The molecular formula is C21H20N6O. The van der Waals surface area contributed by atoms with E-state index in [1.165, 1.54) is 0 Å². The molecule has 4 aromatic rings. The van der Waals surface area contributed by atoms with Crippen LogP contribution in [0.5, 0.6) is 5.75 Å². The fourth-order valence-corrected chi connectivity index (χ4v) is 3.64. The number of phenolic OH excluding ortho intramolecular Hbond substituents is 1. The Labute approximate surface area is 162 Å². The first kappa shape index (κ1) is 16.6. The Hall–Kier alpha value is -3.61. The lowest BCUT2D eigenvalue weighted by atomic mass is 10.1. The summed E-state index contributed by atoms with van der Waals surface area (Å²) < 4.78 is 1.81. The Bertz CT molecular complexity index is 1090. The quantitative estimate of drug-likeness (QED) is 0.596. The maximum Gasteiger partial charge on any atom is 0.254 e. The summed E-state index contributed by atoms with van der Waals surface area (Å²) in [4.78, 5) is 13.6. The molecule has 0 bridgehead atoms. The van der Waals surface area contributed by atoms with E-state index >= 15 is 0 Å². The third-order valence-corrected chi connectivity index (χ3v) is 5.12. The molecule has 0 atom stereocenters. The average molecular weight is 372 g/mol. The van der Waals surface area contributed by atoms with Crippen molar-refractivity contribution in [1.29, 1.82) is 0 Å². The van der Waals surface area contributed by atoms with Gasteiger partial charge in [0.15, 0.2) is 0 Å². The van der Waals surface area contributed by atoms with Gasteiger partial charge >= 0.3 is 0 Å². The van der Waals surface area contributed by atoms with Crippen LogP contribution in [0.3, 0.4) is 0 Å². The fourth-order valence-electron chi connectivity index (χ4n) is 3.64. The first-order valence-corrected chi connectivity index (χ1v) is 9.33. The number of fused-ring (bicyclic) bond motifs is 1. The van der Waals surface area contributed by atoms with E-state index in [-0.39, 0.29) is 0 Å². The zero-order chi connectivity index (χ0) is 18.9. The molecule has 1 aliphatic rings. The largest absolute Gasteiger partial charge is 0.508 e. The first-order chi connectivity index (χ1) is 13.8. The Kier molecular flexibility index (Phi) is 4.05. The minimum atomic E-state index is 0.293. The molecule has 1 N–H and O–H groups in total. The van der Waals surface area contributed by atoms with Crippen LogP contribution in [0.4, 0.5) is 11.5 Å². The molecule has 0 amide bonds. The van der Waals surface area contributed by atoms with Gasteiger partial charge in [-0.2, -0.15) is 14.6 Å². The average Bonchev–Trinajstić information content (AvgIpc) is 3.23. The lowest BCUT2D eigenvalue weighted by Gasteiger charge is -2.37. The SMILES string of the molecule is Oc1ccc(N2CCN(c3cc(-c4ccccc4)nc4ncnn34)CC2)cc1. The minimum Gasteiger partial charge on any atom is -0.508 e. The molecule has 1 fully saturated rings. The number of piperazine rings is 1. The second-order valence-electron chi connectivity index (χ2n) is 6.83. The van der Waals surface area contributed by atoms with Gasteiger partial charge in [-0.05, 0) is 24.3 Å². The molecule has 0 radical (unpaired) electrons. The summed E-state index contributed by atoms with van der Waals surface area (Å²) in [6.07, 6.45) is 1.55. The number of aromatic nitrogens is 4. The van der Waals surface area contributed by atoms with Crippen LogP contribution in [-0.4, -0.2) is 50.9 Å². The molecule has 7 heteroatoms. The van der Waals surface area contributed by atoms with Crippen molar-refractivity contribution >= 4 is 17.3 Å². The van der Waals surface area contributed by atoms with Crippen LogP contribution >= 0.6 is 0 Å².